The van der Waals surface area contributed by atoms with Crippen molar-refractivity contribution in [2.24, 2.45) is 0 Å². The molecule has 2 aromatic heterocycles. The van der Waals surface area contributed by atoms with Gasteiger partial charge in [-0.2, -0.15) is 0 Å². The zero-order chi connectivity index (χ0) is 15.7. The number of ether oxygens (including phenoxy) is 1. The topological polar surface area (TPSA) is 72.1 Å². The quantitative estimate of drug-likeness (QED) is 0.595. The van der Waals surface area contributed by atoms with E-state index in [0.717, 1.165) is 16.6 Å². The van der Waals surface area contributed by atoms with Crippen molar-refractivity contribution in [2.75, 3.05) is 7.11 Å². The number of carbonyl (C=O) groups is 2. The number of pyridine rings is 1. The molecule has 0 aliphatic carbocycles. The molecule has 1 aromatic carbocycles. The maximum Gasteiger partial charge on any atom is 0.356 e. The number of H-pyrrole nitrogens is 1. The van der Waals surface area contributed by atoms with Crippen LogP contribution in [0.1, 0.15) is 32.2 Å². The number of hydrogen-bond donors (Lipinski definition) is 1. The number of esters is 1. The number of hydrogen-bond acceptors (Lipinski definition) is 4. The third kappa shape index (κ3) is 2.26. The van der Waals surface area contributed by atoms with Crippen molar-refractivity contribution >= 4 is 22.7 Å². The van der Waals surface area contributed by atoms with Gasteiger partial charge in [-0.15, -0.1) is 0 Å². The Balaban J connectivity index is 2.10. The van der Waals surface area contributed by atoms with Crippen molar-refractivity contribution in [1.29, 1.82) is 0 Å². The molecule has 0 spiro atoms. The van der Waals surface area contributed by atoms with E-state index < -0.39 is 5.97 Å². The molecule has 0 atom stereocenters. The molecule has 2 heterocycles. The molecule has 0 aliphatic heterocycles. The van der Waals surface area contributed by atoms with Crippen molar-refractivity contribution in [3.8, 4) is 0 Å². The highest BCUT2D eigenvalue weighted by atomic mass is 16.5. The van der Waals surface area contributed by atoms with Crippen LogP contribution in [0.5, 0.6) is 0 Å². The van der Waals surface area contributed by atoms with E-state index in [1.165, 1.54) is 13.2 Å². The molecule has 3 aromatic rings. The number of aromatic nitrogens is 2. The van der Waals surface area contributed by atoms with E-state index in [0.29, 0.717) is 5.56 Å². The summed E-state index contributed by atoms with van der Waals surface area (Å²) in [5.74, 6) is -0.786. The Morgan fingerprint density at radius 2 is 1.77 bits per heavy atom. The van der Waals surface area contributed by atoms with Gasteiger partial charge in [-0.05, 0) is 25.1 Å². The highest BCUT2D eigenvalue weighted by molar-refractivity contribution is 6.16. The normalized spacial score (nSPS) is 10.6. The number of carbonyl (C=O) groups excluding carboxylic acids is 2. The summed E-state index contributed by atoms with van der Waals surface area (Å²) < 4.78 is 4.64. The summed E-state index contributed by atoms with van der Waals surface area (Å²) in [5.41, 5.74) is 2.58. The van der Waals surface area contributed by atoms with Crippen molar-refractivity contribution in [3.05, 3.63) is 65.1 Å². The number of aromatic amines is 1. The van der Waals surface area contributed by atoms with Crippen molar-refractivity contribution < 1.29 is 14.3 Å². The summed E-state index contributed by atoms with van der Waals surface area (Å²) >= 11 is 0. The van der Waals surface area contributed by atoms with Crippen LogP contribution in [-0.4, -0.2) is 28.8 Å². The molecule has 0 unspecified atom stereocenters. The fourth-order valence-electron chi connectivity index (χ4n) is 2.48. The fourth-order valence-corrected chi connectivity index (χ4v) is 2.48. The summed E-state index contributed by atoms with van der Waals surface area (Å²) in [4.78, 5) is 31.6. The maximum absolute atomic E-state index is 12.8. The Morgan fingerprint density at radius 1 is 1.05 bits per heavy atom. The molecule has 0 radical (unpaired) electrons. The third-order valence-electron chi connectivity index (χ3n) is 3.50. The lowest BCUT2D eigenvalue weighted by molar-refractivity contribution is 0.0594. The van der Waals surface area contributed by atoms with E-state index in [1.54, 1.807) is 12.1 Å². The minimum Gasteiger partial charge on any atom is -0.464 e. The number of aryl methyl sites for hydroxylation is 1. The molecule has 0 saturated heterocycles. The Morgan fingerprint density at radius 3 is 2.55 bits per heavy atom. The minimum absolute atomic E-state index is 0.117. The fraction of sp³-hybridized carbons (Fsp3) is 0.118. The van der Waals surface area contributed by atoms with Crippen LogP contribution in [0.15, 0.2) is 42.5 Å². The molecule has 1 N–H and O–H groups in total. The van der Waals surface area contributed by atoms with Gasteiger partial charge in [0.05, 0.1) is 12.7 Å². The highest BCUT2D eigenvalue weighted by Crippen LogP contribution is 2.24. The van der Waals surface area contributed by atoms with Crippen molar-refractivity contribution in [3.63, 3.8) is 0 Å². The van der Waals surface area contributed by atoms with E-state index in [9.17, 15) is 9.59 Å². The number of nitrogens with zero attached hydrogens (tertiary/aromatic N) is 1. The molecule has 0 amide bonds. The Labute approximate surface area is 126 Å². The molecule has 110 valence electrons. The van der Waals surface area contributed by atoms with E-state index in [-0.39, 0.29) is 17.2 Å². The summed E-state index contributed by atoms with van der Waals surface area (Å²) in [7, 11) is 1.28. The predicted octanol–water partition coefficient (Wildman–Crippen LogP) is 2.89. The summed E-state index contributed by atoms with van der Waals surface area (Å²) in [6.07, 6.45) is 0. The molecule has 22 heavy (non-hydrogen) atoms. The Hall–Kier alpha value is -2.95. The van der Waals surface area contributed by atoms with Gasteiger partial charge in [0.2, 0.25) is 5.78 Å². The first-order chi connectivity index (χ1) is 10.6. The van der Waals surface area contributed by atoms with E-state index in [2.05, 4.69) is 14.7 Å². The molecule has 5 heteroatoms. The maximum atomic E-state index is 12.8. The van der Waals surface area contributed by atoms with Crippen LogP contribution in [0, 0.1) is 6.92 Å². The molecule has 0 aliphatic rings. The minimum atomic E-state index is -0.565. The number of fused-ring (bicyclic) bond motifs is 1. The van der Waals surface area contributed by atoms with Crippen LogP contribution in [0.3, 0.4) is 0 Å². The van der Waals surface area contributed by atoms with Crippen molar-refractivity contribution in [1.82, 2.24) is 9.97 Å². The number of benzene rings is 1. The highest BCUT2D eigenvalue weighted by Gasteiger charge is 2.19. The first kappa shape index (κ1) is 14.0. The summed E-state index contributed by atoms with van der Waals surface area (Å²) in [5, 5.41) is 0.843. The third-order valence-corrected chi connectivity index (χ3v) is 3.50. The molecule has 3 rings (SSSR count). The first-order valence-corrected chi connectivity index (χ1v) is 6.79. The zero-order valence-corrected chi connectivity index (χ0v) is 12.2. The lowest BCUT2D eigenvalue weighted by atomic mass is 10.0. The second-order valence-corrected chi connectivity index (χ2v) is 4.90. The van der Waals surface area contributed by atoms with E-state index in [1.807, 2.05) is 31.2 Å². The predicted molar refractivity (Wildman–Crippen MR) is 82.0 cm³/mol. The standard InChI is InChI=1S/C17H14N2O3/c1-10-15(11-6-3-4-7-12(11)18-10)16(20)13-8-5-9-14(19-13)17(21)22-2/h3-9,18H,1-2H3. The van der Waals surface area contributed by atoms with Gasteiger partial charge >= 0.3 is 5.97 Å². The van der Waals surface area contributed by atoms with Crippen molar-refractivity contribution in [2.45, 2.75) is 6.92 Å². The van der Waals surface area contributed by atoms with E-state index >= 15 is 0 Å². The van der Waals surface area contributed by atoms with Gasteiger partial charge < -0.3 is 9.72 Å². The van der Waals surface area contributed by atoms with Gasteiger partial charge in [-0.1, -0.05) is 24.3 Å². The number of para-hydroxylation sites is 1. The van der Waals surface area contributed by atoms with Crippen LogP contribution >= 0.6 is 0 Å². The lowest BCUT2D eigenvalue weighted by Gasteiger charge is -2.03. The van der Waals surface area contributed by atoms with Crippen LogP contribution in [0.2, 0.25) is 0 Å². The van der Waals surface area contributed by atoms with Crippen LogP contribution < -0.4 is 0 Å². The van der Waals surface area contributed by atoms with Crippen LogP contribution in [0.25, 0.3) is 10.9 Å². The van der Waals surface area contributed by atoms with E-state index in [4.69, 9.17) is 0 Å². The molecule has 0 fully saturated rings. The number of rotatable bonds is 3. The number of nitrogens with one attached hydrogen (secondary N) is 1. The number of ketones is 1. The van der Waals surface area contributed by atoms with Gasteiger partial charge in [-0.25, -0.2) is 9.78 Å². The molecular formula is C17H14N2O3. The smallest absolute Gasteiger partial charge is 0.356 e. The van der Waals surface area contributed by atoms with Crippen LogP contribution in [0.4, 0.5) is 0 Å². The molecular weight excluding hydrogens is 280 g/mol. The second-order valence-electron chi connectivity index (χ2n) is 4.90. The van der Waals surface area contributed by atoms with Gasteiger partial charge in [-0.3, -0.25) is 4.79 Å². The largest absolute Gasteiger partial charge is 0.464 e. The second kappa shape index (κ2) is 5.44. The van der Waals surface area contributed by atoms with Gasteiger partial charge in [0, 0.05) is 16.6 Å². The molecule has 0 bridgehead atoms. The average Bonchev–Trinajstić information content (AvgIpc) is 2.89. The van der Waals surface area contributed by atoms with Gasteiger partial charge in [0.1, 0.15) is 11.4 Å². The monoisotopic (exact) mass is 294 g/mol. The zero-order valence-electron chi connectivity index (χ0n) is 12.2. The van der Waals surface area contributed by atoms with Gasteiger partial charge in [0.25, 0.3) is 0 Å². The number of methoxy groups -OCH3 is 1. The SMILES string of the molecule is COC(=O)c1cccc(C(=O)c2c(C)[nH]c3ccccc23)n1. The first-order valence-electron chi connectivity index (χ1n) is 6.79. The molecule has 0 saturated carbocycles. The average molecular weight is 294 g/mol. The van der Waals surface area contributed by atoms with Gasteiger partial charge in [0.15, 0.2) is 0 Å². The lowest BCUT2D eigenvalue weighted by Crippen LogP contribution is -2.10. The van der Waals surface area contributed by atoms with Crippen LogP contribution in [-0.2, 0) is 4.74 Å². The summed E-state index contributed by atoms with van der Waals surface area (Å²) in [6, 6.07) is 12.3. The Bertz CT molecular complexity index is 880. The summed E-state index contributed by atoms with van der Waals surface area (Å²) in [6.45, 7) is 1.84. The Kier molecular flexibility index (Phi) is 3.47. The molecule has 5 nitrogen and oxygen atoms in total.